The smallest absolute Gasteiger partial charge is 0.406 e. The minimum Gasteiger partial charge on any atom is -0.406 e. The number of nitrogens with one attached hydrogen (secondary N) is 1. The lowest BCUT2D eigenvalue weighted by Crippen LogP contribution is -2.42. The van der Waals surface area contributed by atoms with Gasteiger partial charge in [-0.1, -0.05) is 12.2 Å². The molecule has 0 aliphatic heterocycles. The Bertz CT molecular complexity index is 670. The molecule has 1 aromatic rings. The van der Waals surface area contributed by atoms with Crippen molar-refractivity contribution in [1.82, 2.24) is 4.72 Å². The second-order valence-electron chi connectivity index (χ2n) is 5.24. The van der Waals surface area contributed by atoms with Crippen molar-refractivity contribution in [1.29, 1.82) is 0 Å². The van der Waals surface area contributed by atoms with Gasteiger partial charge in [-0.25, -0.2) is 13.1 Å². The first-order chi connectivity index (χ1) is 10.6. The number of rotatable bonds is 5. The fourth-order valence-corrected chi connectivity index (χ4v) is 3.28. The average molecular weight is 351 g/mol. The van der Waals surface area contributed by atoms with E-state index < -0.39 is 27.7 Å². The van der Waals surface area contributed by atoms with Gasteiger partial charge in [-0.3, -0.25) is 0 Å². The van der Waals surface area contributed by atoms with E-state index in [9.17, 15) is 26.7 Å². The zero-order valence-electron chi connectivity index (χ0n) is 12.0. The predicted molar refractivity (Wildman–Crippen MR) is 76.3 cm³/mol. The van der Waals surface area contributed by atoms with E-state index in [2.05, 4.69) is 9.46 Å². The molecule has 2 rings (SSSR count). The minimum atomic E-state index is -4.84. The molecule has 0 aromatic heterocycles. The molecule has 1 atom stereocenters. The maximum Gasteiger partial charge on any atom is 0.573 e. The van der Waals surface area contributed by atoms with Crippen molar-refractivity contribution < 1.29 is 31.4 Å². The van der Waals surface area contributed by atoms with Gasteiger partial charge in [0.05, 0.1) is 10.5 Å². The molecule has 0 spiro atoms. The Morgan fingerprint density at radius 3 is 2.43 bits per heavy atom. The van der Waals surface area contributed by atoms with Gasteiger partial charge >= 0.3 is 6.36 Å². The Labute approximate surface area is 131 Å². The van der Waals surface area contributed by atoms with E-state index in [0.717, 1.165) is 37.1 Å². The van der Waals surface area contributed by atoms with Crippen molar-refractivity contribution in [3.8, 4) is 5.75 Å². The van der Waals surface area contributed by atoms with Gasteiger partial charge in [0.15, 0.2) is 0 Å². The summed E-state index contributed by atoms with van der Waals surface area (Å²) in [5.41, 5.74) is -1.25. The molecular weight excluding hydrogens is 335 g/mol. The van der Waals surface area contributed by atoms with Crippen LogP contribution < -0.4 is 9.46 Å². The van der Waals surface area contributed by atoms with Crippen molar-refractivity contribution in [2.24, 2.45) is 0 Å². The van der Waals surface area contributed by atoms with Crippen LogP contribution in [0.4, 0.5) is 13.2 Å². The Morgan fingerprint density at radius 1 is 1.26 bits per heavy atom. The number of alkyl halides is 3. The summed E-state index contributed by atoms with van der Waals surface area (Å²) in [6, 6.07) is 3.84. The number of sulfonamides is 1. The van der Waals surface area contributed by atoms with Crippen molar-refractivity contribution in [2.45, 2.75) is 36.1 Å². The van der Waals surface area contributed by atoms with Crippen molar-refractivity contribution in [3.63, 3.8) is 0 Å². The number of ether oxygens (including phenoxy) is 1. The molecule has 0 bridgehead atoms. The molecule has 2 N–H and O–H groups in total. The second-order valence-corrected chi connectivity index (χ2v) is 7.01. The van der Waals surface area contributed by atoms with Crippen LogP contribution in [0.1, 0.15) is 19.3 Å². The predicted octanol–water partition coefficient (Wildman–Crippen LogP) is 2.33. The lowest BCUT2D eigenvalue weighted by atomic mass is 9.91. The zero-order valence-corrected chi connectivity index (χ0v) is 12.8. The topological polar surface area (TPSA) is 75.6 Å². The van der Waals surface area contributed by atoms with Crippen LogP contribution >= 0.6 is 0 Å². The molecular formula is C14H16F3NO4S. The monoisotopic (exact) mass is 351 g/mol. The summed E-state index contributed by atoms with van der Waals surface area (Å²) in [4.78, 5) is -0.213. The Kier molecular flexibility index (Phi) is 5.02. The molecule has 1 unspecified atom stereocenters. The summed E-state index contributed by atoms with van der Waals surface area (Å²) in [7, 11) is -3.94. The van der Waals surface area contributed by atoms with E-state index in [1.54, 1.807) is 12.2 Å². The fraction of sp³-hybridized carbons (Fsp3) is 0.429. The lowest BCUT2D eigenvalue weighted by Gasteiger charge is -2.27. The third-order valence-electron chi connectivity index (χ3n) is 3.34. The highest BCUT2D eigenvalue weighted by atomic mass is 32.2. The summed E-state index contributed by atoms with van der Waals surface area (Å²) < 4.78 is 66.3. The first-order valence-electron chi connectivity index (χ1n) is 6.85. The number of aliphatic hydroxyl groups is 1. The minimum absolute atomic E-state index is 0.202. The van der Waals surface area contributed by atoms with Crippen LogP contribution in [0.3, 0.4) is 0 Å². The van der Waals surface area contributed by atoms with Crippen LogP contribution in [0.2, 0.25) is 0 Å². The van der Waals surface area contributed by atoms with Crippen molar-refractivity contribution >= 4 is 10.0 Å². The zero-order chi connectivity index (χ0) is 17.1. The van der Waals surface area contributed by atoms with E-state index in [-0.39, 0.29) is 11.4 Å². The molecule has 128 valence electrons. The summed E-state index contributed by atoms with van der Waals surface area (Å²) >= 11 is 0. The molecule has 5 nitrogen and oxygen atoms in total. The molecule has 1 aliphatic rings. The summed E-state index contributed by atoms with van der Waals surface area (Å²) in [6.45, 7) is -0.202. The van der Waals surface area contributed by atoms with Crippen LogP contribution in [0.5, 0.6) is 5.75 Å². The third kappa shape index (κ3) is 5.22. The van der Waals surface area contributed by atoms with Gasteiger partial charge in [-0.2, -0.15) is 0 Å². The maximum absolute atomic E-state index is 12.1. The van der Waals surface area contributed by atoms with E-state index in [4.69, 9.17) is 0 Å². The third-order valence-corrected chi connectivity index (χ3v) is 4.76. The van der Waals surface area contributed by atoms with Crippen molar-refractivity contribution in [3.05, 3.63) is 36.4 Å². The molecule has 9 heteroatoms. The highest BCUT2D eigenvalue weighted by Gasteiger charge is 2.31. The number of benzene rings is 1. The van der Waals surface area contributed by atoms with Gasteiger partial charge in [-0.05, 0) is 43.5 Å². The quantitative estimate of drug-likeness (QED) is 0.799. The highest BCUT2D eigenvalue weighted by Crippen LogP contribution is 2.25. The molecule has 23 heavy (non-hydrogen) atoms. The van der Waals surface area contributed by atoms with Crippen molar-refractivity contribution in [2.75, 3.05) is 6.54 Å². The Balaban J connectivity index is 2.04. The summed E-state index contributed by atoms with van der Waals surface area (Å²) in [6.07, 6.45) is 0.508. The van der Waals surface area contributed by atoms with Crippen LogP contribution in [-0.4, -0.2) is 32.0 Å². The Hall–Kier alpha value is -1.58. The molecule has 0 saturated heterocycles. The summed E-state index contributed by atoms with van der Waals surface area (Å²) in [5, 5.41) is 10.2. The Morgan fingerprint density at radius 2 is 1.91 bits per heavy atom. The van der Waals surface area contributed by atoms with Crippen LogP contribution in [0.15, 0.2) is 41.3 Å². The largest absolute Gasteiger partial charge is 0.573 e. The lowest BCUT2D eigenvalue weighted by molar-refractivity contribution is -0.274. The van der Waals surface area contributed by atoms with E-state index in [0.29, 0.717) is 6.42 Å². The standard InChI is InChI=1S/C14H16F3NO4S/c15-14(16,17)22-11-4-6-12(7-5-11)23(20,21)18-10-13(19)8-2-1-3-9-13/h2,4-8,18-19H,1,3,9-10H2. The van der Waals surface area contributed by atoms with E-state index >= 15 is 0 Å². The first kappa shape index (κ1) is 17.8. The van der Waals surface area contributed by atoms with Gasteiger partial charge < -0.3 is 9.84 Å². The fourth-order valence-electron chi connectivity index (χ4n) is 2.18. The van der Waals surface area contributed by atoms with Gasteiger partial charge in [0.1, 0.15) is 5.75 Å². The molecule has 0 amide bonds. The molecule has 0 radical (unpaired) electrons. The molecule has 0 fully saturated rings. The highest BCUT2D eigenvalue weighted by molar-refractivity contribution is 7.89. The molecule has 0 heterocycles. The van der Waals surface area contributed by atoms with Gasteiger partial charge in [0.2, 0.25) is 10.0 Å². The van der Waals surface area contributed by atoms with Crippen LogP contribution in [0.25, 0.3) is 0 Å². The average Bonchev–Trinajstić information content (AvgIpc) is 2.45. The maximum atomic E-state index is 12.1. The number of hydrogen-bond donors (Lipinski definition) is 2. The van der Waals surface area contributed by atoms with Gasteiger partial charge in [-0.15, -0.1) is 13.2 Å². The molecule has 0 saturated carbocycles. The molecule has 1 aliphatic carbocycles. The van der Waals surface area contributed by atoms with E-state index in [1.165, 1.54) is 0 Å². The number of halogens is 3. The van der Waals surface area contributed by atoms with Crippen LogP contribution in [-0.2, 0) is 10.0 Å². The SMILES string of the molecule is O=S(=O)(NCC1(O)C=CCCC1)c1ccc(OC(F)(F)F)cc1. The number of hydrogen-bond acceptors (Lipinski definition) is 4. The number of allylic oxidation sites excluding steroid dienone is 1. The first-order valence-corrected chi connectivity index (χ1v) is 8.34. The molecule has 1 aromatic carbocycles. The normalized spacial score (nSPS) is 22.1. The van der Waals surface area contributed by atoms with Gasteiger partial charge in [0.25, 0.3) is 0 Å². The summed E-state index contributed by atoms with van der Waals surface area (Å²) in [5.74, 6) is -0.509. The van der Waals surface area contributed by atoms with Gasteiger partial charge in [0, 0.05) is 6.54 Å². The van der Waals surface area contributed by atoms with Crippen LogP contribution in [0, 0.1) is 0 Å². The van der Waals surface area contributed by atoms with E-state index in [1.807, 2.05) is 0 Å². The second kappa shape index (κ2) is 6.50.